The monoisotopic (exact) mass is 229 g/mol. The van der Waals surface area contributed by atoms with Gasteiger partial charge in [-0.05, 0) is 28.9 Å². The van der Waals surface area contributed by atoms with E-state index in [4.69, 9.17) is 4.42 Å². The van der Waals surface area contributed by atoms with Crippen molar-refractivity contribution in [3.05, 3.63) is 22.1 Å². The van der Waals surface area contributed by atoms with E-state index in [-0.39, 0.29) is 5.91 Å². The van der Waals surface area contributed by atoms with Gasteiger partial charge in [0.05, 0.1) is 0 Å². The van der Waals surface area contributed by atoms with Crippen molar-refractivity contribution in [1.82, 2.24) is 4.90 Å². The number of furan rings is 1. The van der Waals surface area contributed by atoms with Crippen molar-refractivity contribution in [3.63, 3.8) is 0 Å². The summed E-state index contributed by atoms with van der Waals surface area (Å²) in [7, 11) is 0. The van der Waals surface area contributed by atoms with E-state index in [1.54, 1.807) is 11.0 Å². The minimum Gasteiger partial charge on any atom is -0.444 e. The van der Waals surface area contributed by atoms with Gasteiger partial charge in [-0.3, -0.25) is 4.79 Å². The van der Waals surface area contributed by atoms with Gasteiger partial charge in [0, 0.05) is 18.7 Å². The van der Waals surface area contributed by atoms with Crippen LogP contribution in [0.25, 0.3) is 0 Å². The zero-order valence-corrected chi connectivity index (χ0v) is 8.22. The summed E-state index contributed by atoms with van der Waals surface area (Å²) in [5.41, 5.74) is 0.888. The molecule has 0 aromatic carbocycles. The molecule has 1 fully saturated rings. The van der Waals surface area contributed by atoms with Crippen LogP contribution in [0.5, 0.6) is 0 Å². The quantitative estimate of drug-likeness (QED) is 0.689. The number of carbonyl (C=O) groups excluding carboxylic acids is 1. The molecule has 0 unspecified atom stereocenters. The molecule has 0 aliphatic carbocycles. The molecule has 12 heavy (non-hydrogen) atoms. The van der Waals surface area contributed by atoms with Gasteiger partial charge in [-0.25, -0.2) is 0 Å². The second-order valence-corrected chi connectivity index (χ2v) is 3.64. The Hall–Kier alpha value is -0.770. The van der Waals surface area contributed by atoms with Gasteiger partial charge in [0.25, 0.3) is 5.91 Å². The van der Waals surface area contributed by atoms with E-state index in [0.29, 0.717) is 10.4 Å². The molecule has 2 rings (SSSR count). The maximum Gasteiger partial charge on any atom is 0.290 e. The van der Waals surface area contributed by atoms with E-state index in [0.717, 1.165) is 18.7 Å². The van der Waals surface area contributed by atoms with Crippen LogP contribution in [0.15, 0.2) is 15.2 Å². The normalized spacial score (nSPS) is 15.0. The zero-order chi connectivity index (χ0) is 8.72. The molecule has 1 aromatic rings. The third-order valence-electron chi connectivity index (χ3n) is 1.82. The van der Waals surface area contributed by atoms with Crippen LogP contribution in [0.3, 0.4) is 0 Å². The van der Waals surface area contributed by atoms with Gasteiger partial charge in [0.2, 0.25) is 0 Å². The second-order valence-electron chi connectivity index (χ2n) is 2.85. The Labute approximate surface area is 78.5 Å². The predicted molar refractivity (Wildman–Crippen MR) is 47.0 cm³/mol. The molecular formula is C8H8BrNO2. The van der Waals surface area contributed by atoms with Crippen LogP contribution in [0.4, 0.5) is 0 Å². The van der Waals surface area contributed by atoms with E-state index >= 15 is 0 Å². The first kappa shape index (κ1) is 7.86. The molecule has 0 atom stereocenters. The predicted octanol–water partition coefficient (Wildman–Crippen LogP) is 1.81. The van der Waals surface area contributed by atoms with Crippen molar-refractivity contribution in [2.75, 3.05) is 13.1 Å². The van der Waals surface area contributed by atoms with Crippen LogP contribution in [0.1, 0.15) is 16.1 Å². The summed E-state index contributed by atoms with van der Waals surface area (Å²) in [6.07, 6.45) is 0. The van der Waals surface area contributed by atoms with Gasteiger partial charge in [0.1, 0.15) is 0 Å². The molecule has 1 aliphatic heterocycles. The lowest BCUT2D eigenvalue weighted by Crippen LogP contribution is -2.10. The van der Waals surface area contributed by atoms with Crippen LogP contribution >= 0.6 is 15.9 Å². The molecule has 64 valence electrons. The van der Waals surface area contributed by atoms with E-state index in [9.17, 15) is 4.79 Å². The molecule has 1 aliphatic rings. The maximum absolute atomic E-state index is 11.5. The first-order valence-electron chi connectivity index (χ1n) is 3.73. The molecule has 0 spiro atoms. The Morgan fingerprint density at radius 3 is 2.75 bits per heavy atom. The fraction of sp³-hybridized carbons (Fsp3) is 0.375. The summed E-state index contributed by atoms with van der Waals surface area (Å²) >= 11 is 3.18. The minimum absolute atomic E-state index is 0.00167. The topological polar surface area (TPSA) is 33.2 Å². The first-order valence-corrected chi connectivity index (χ1v) is 4.53. The second kappa shape index (κ2) is 2.62. The zero-order valence-electron chi connectivity index (χ0n) is 6.63. The average Bonchev–Trinajstić information content (AvgIpc) is 2.77. The van der Waals surface area contributed by atoms with E-state index < -0.39 is 0 Å². The van der Waals surface area contributed by atoms with Crippen LogP contribution in [-0.4, -0.2) is 23.9 Å². The molecule has 0 N–H and O–H groups in total. The van der Waals surface area contributed by atoms with E-state index in [2.05, 4.69) is 15.9 Å². The Bertz CT molecular complexity index is 328. The van der Waals surface area contributed by atoms with Gasteiger partial charge in [-0.2, -0.15) is 0 Å². The maximum atomic E-state index is 11.5. The van der Waals surface area contributed by atoms with E-state index in [1.807, 2.05) is 6.92 Å². The number of nitrogens with zero attached hydrogens (tertiary/aromatic N) is 1. The molecule has 3 nitrogen and oxygen atoms in total. The SMILES string of the molecule is Cc1cc(Br)oc1C(=O)N1CC1. The van der Waals surface area contributed by atoms with Crippen molar-refractivity contribution in [1.29, 1.82) is 0 Å². The highest BCUT2D eigenvalue weighted by atomic mass is 79.9. The summed E-state index contributed by atoms with van der Waals surface area (Å²) in [5.74, 6) is 0.456. The van der Waals surface area contributed by atoms with Gasteiger partial charge >= 0.3 is 0 Å². The molecule has 1 saturated heterocycles. The number of amides is 1. The van der Waals surface area contributed by atoms with Crippen molar-refractivity contribution < 1.29 is 9.21 Å². The van der Waals surface area contributed by atoms with Crippen LogP contribution in [-0.2, 0) is 0 Å². The molecule has 0 bridgehead atoms. The minimum atomic E-state index is -0.00167. The number of hydrogen-bond acceptors (Lipinski definition) is 2. The molecule has 4 heteroatoms. The van der Waals surface area contributed by atoms with Crippen molar-refractivity contribution in [3.8, 4) is 0 Å². The summed E-state index contributed by atoms with van der Waals surface area (Å²) in [6, 6.07) is 1.80. The number of halogens is 1. The van der Waals surface area contributed by atoms with Crippen molar-refractivity contribution in [2.24, 2.45) is 0 Å². The number of aryl methyl sites for hydroxylation is 1. The average molecular weight is 230 g/mol. The van der Waals surface area contributed by atoms with Gasteiger partial charge in [0.15, 0.2) is 10.4 Å². The summed E-state index contributed by atoms with van der Waals surface area (Å²) < 4.78 is 5.82. The fourth-order valence-corrected chi connectivity index (χ4v) is 1.56. The third-order valence-corrected chi connectivity index (χ3v) is 2.21. The van der Waals surface area contributed by atoms with Crippen molar-refractivity contribution in [2.45, 2.75) is 6.92 Å². The van der Waals surface area contributed by atoms with Crippen LogP contribution < -0.4 is 0 Å². The molecular weight excluding hydrogens is 222 g/mol. The Kier molecular flexibility index (Phi) is 1.72. The molecule has 0 saturated carbocycles. The highest BCUT2D eigenvalue weighted by molar-refractivity contribution is 9.10. The van der Waals surface area contributed by atoms with Crippen LogP contribution in [0, 0.1) is 6.92 Å². The smallest absolute Gasteiger partial charge is 0.290 e. The third kappa shape index (κ3) is 1.27. The van der Waals surface area contributed by atoms with E-state index in [1.165, 1.54) is 0 Å². The lowest BCUT2D eigenvalue weighted by Gasteiger charge is -1.97. The lowest BCUT2D eigenvalue weighted by atomic mass is 10.3. The summed E-state index contributed by atoms with van der Waals surface area (Å²) in [4.78, 5) is 13.2. The van der Waals surface area contributed by atoms with Crippen LogP contribution in [0.2, 0.25) is 0 Å². The van der Waals surface area contributed by atoms with Gasteiger partial charge in [-0.15, -0.1) is 0 Å². The van der Waals surface area contributed by atoms with Gasteiger partial charge in [-0.1, -0.05) is 0 Å². The Morgan fingerprint density at radius 2 is 2.33 bits per heavy atom. The fourth-order valence-electron chi connectivity index (χ4n) is 1.05. The molecule has 0 radical (unpaired) electrons. The molecule has 1 amide bonds. The largest absolute Gasteiger partial charge is 0.444 e. The summed E-state index contributed by atoms with van der Waals surface area (Å²) in [6.45, 7) is 3.58. The Balaban J connectivity index is 2.31. The number of rotatable bonds is 1. The highest BCUT2D eigenvalue weighted by Crippen LogP contribution is 2.22. The Morgan fingerprint density at radius 1 is 1.67 bits per heavy atom. The highest BCUT2D eigenvalue weighted by Gasteiger charge is 2.28. The number of hydrogen-bond donors (Lipinski definition) is 0. The van der Waals surface area contributed by atoms with Gasteiger partial charge < -0.3 is 9.32 Å². The molecule has 1 aromatic heterocycles. The molecule has 2 heterocycles. The number of carbonyl (C=O) groups is 1. The lowest BCUT2D eigenvalue weighted by molar-refractivity contribution is 0.0853. The first-order chi connectivity index (χ1) is 5.68. The summed E-state index contributed by atoms with van der Waals surface area (Å²) in [5, 5.41) is 0. The standard InChI is InChI=1S/C8H8BrNO2/c1-5-4-6(9)12-7(5)8(11)10-2-3-10/h4H,2-3H2,1H3. The van der Waals surface area contributed by atoms with Crippen molar-refractivity contribution >= 4 is 21.8 Å².